The highest BCUT2D eigenvalue weighted by Crippen LogP contribution is 2.27. The number of benzene rings is 1. The van der Waals surface area contributed by atoms with Crippen LogP contribution in [0.2, 0.25) is 0 Å². The molecule has 0 aliphatic carbocycles. The summed E-state index contributed by atoms with van der Waals surface area (Å²) < 4.78 is 18.4. The molecule has 0 N–H and O–H groups in total. The first kappa shape index (κ1) is 12.0. The van der Waals surface area contributed by atoms with Crippen molar-refractivity contribution in [2.24, 2.45) is 0 Å². The van der Waals surface area contributed by atoms with Crippen LogP contribution in [-0.2, 0) is 0 Å². The first-order chi connectivity index (χ1) is 8.49. The molecular weight excluding hydrogens is 241 g/mol. The molecule has 2 aromatic rings. The number of carbonyl (C=O) groups excluding carboxylic acids is 1. The summed E-state index contributed by atoms with van der Waals surface area (Å²) in [6, 6.07) is 6.38. The first-order valence-corrected chi connectivity index (χ1v) is 5.04. The van der Waals surface area contributed by atoms with Gasteiger partial charge in [0.2, 0.25) is 5.82 Å². The van der Waals surface area contributed by atoms with Crippen LogP contribution in [0.4, 0.5) is 10.1 Å². The van der Waals surface area contributed by atoms with E-state index in [4.69, 9.17) is 4.42 Å². The molecule has 0 fully saturated rings. The molecule has 0 spiro atoms. The molecule has 18 heavy (non-hydrogen) atoms. The third-order valence-corrected chi connectivity index (χ3v) is 2.38. The van der Waals surface area contributed by atoms with Crippen molar-refractivity contribution >= 4 is 11.5 Å². The molecule has 0 aliphatic rings. The van der Waals surface area contributed by atoms with Crippen LogP contribution in [0.5, 0.6) is 0 Å². The second kappa shape index (κ2) is 4.40. The highest BCUT2D eigenvalue weighted by molar-refractivity contribution is 5.91. The SMILES string of the molecule is CC(=O)c1ccc(-c2ccc(F)c([N+](=O)[O-])c2)o1. The molecular formula is C12H8FNO4. The van der Waals surface area contributed by atoms with Gasteiger partial charge in [-0.25, -0.2) is 0 Å². The van der Waals surface area contributed by atoms with E-state index in [0.29, 0.717) is 5.56 Å². The summed E-state index contributed by atoms with van der Waals surface area (Å²) in [7, 11) is 0. The van der Waals surface area contributed by atoms with Crippen molar-refractivity contribution in [3.63, 3.8) is 0 Å². The zero-order chi connectivity index (χ0) is 13.3. The number of nitro benzene ring substituents is 1. The largest absolute Gasteiger partial charge is 0.453 e. The number of nitrogens with zero attached hydrogens (tertiary/aromatic N) is 1. The van der Waals surface area contributed by atoms with Gasteiger partial charge in [-0.15, -0.1) is 0 Å². The van der Waals surface area contributed by atoms with Gasteiger partial charge in [0.1, 0.15) is 5.76 Å². The van der Waals surface area contributed by atoms with Gasteiger partial charge in [-0.3, -0.25) is 14.9 Å². The maximum absolute atomic E-state index is 13.1. The minimum Gasteiger partial charge on any atom is -0.453 e. The van der Waals surface area contributed by atoms with Gasteiger partial charge in [0.15, 0.2) is 11.5 Å². The third kappa shape index (κ3) is 2.13. The van der Waals surface area contributed by atoms with Gasteiger partial charge < -0.3 is 4.42 Å². The molecule has 0 unspecified atom stereocenters. The number of hydrogen-bond donors (Lipinski definition) is 0. The fourth-order valence-electron chi connectivity index (χ4n) is 1.49. The molecule has 0 radical (unpaired) electrons. The van der Waals surface area contributed by atoms with E-state index in [0.717, 1.165) is 12.1 Å². The Labute approximate surface area is 101 Å². The van der Waals surface area contributed by atoms with E-state index in [1.807, 2.05) is 0 Å². The molecule has 2 rings (SSSR count). The van der Waals surface area contributed by atoms with Crippen molar-refractivity contribution in [2.75, 3.05) is 0 Å². The summed E-state index contributed by atoms with van der Waals surface area (Å²) in [5.41, 5.74) is -0.288. The van der Waals surface area contributed by atoms with Gasteiger partial charge in [0.05, 0.1) is 4.92 Å². The number of hydrogen-bond acceptors (Lipinski definition) is 4. The molecule has 0 saturated carbocycles. The lowest BCUT2D eigenvalue weighted by molar-refractivity contribution is -0.387. The Morgan fingerprint density at radius 1 is 1.33 bits per heavy atom. The van der Waals surface area contributed by atoms with Crippen LogP contribution in [0, 0.1) is 15.9 Å². The Morgan fingerprint density at radius 2 is 2.06 bits per heavy atom. The number of carbonyl (C=O) groups is 1. The molecule has 92 valence electrons. The molecule has 6 heteroatoms. The Morgan fingerprint density at radius 3 is 2.61 bits per heavy atom. The standard InChI is InChI=1S/C12H8FNO4/c1-7(15)11-4-5-12(18-11)8-2-3-9(13)10(6-8)14(16)17/h2-6H,1H3. The van der Waals surface area contributed by atoms with Crippen molar-refractivity contribution in [2.45, 2.75) is 6.92 Å². The normalized spacial score (nSPS) is 10.3. The average Bonchev–Trinajstić information content (AvgIpc) is 2.78. The van der Waals surface area contributed by atoms with Crippen LogP contribution in [0.3, 0.4) is 0 Å². The predicted molar refractivity (Wildman–Crippen MR) is 60.8 cm³/mol. The Bertz CT molecular complexity index is 633. The third-order valence-electron chi connectivity index (χ3n) is 2.38. The second-order valence-electron chi connectivity index (χ2n) is 3.64. The predicted octanol–water partition coefficient (Wildman–Crippen LogP) is 3.20. The minimum absolute atomic E-state index is 0.150. The summed E-state index contributed by atoms with van der Waals surface area (Å²) >= 11 is 0. The monoisotopic (exact) mass is 249 g/mol. The molecule has 0 amide bonds. The van der Waals surface area contributed by atoms with E-state index in [1.165, 1.54) is 25.1 Å². The molecule has 1 aromatic carbocycles. The van der Waals surface area contributed by atoms with Gasteiger partial charge >= 0.3 is 5.69 Å². The number of rotatable bonds is 3. The van der Waals surface area contributed by atoms with Gasteiger partial charge in [-0.05, 0) is 24.3 Å². The van der Waals surface area contributed by atoms with Crippen LogP contribution >= 0.6 is 0 Å². The number of ketones is 1. The van der Waals surface area contributed by atoms with Crippen molar-refractivity contribution in [1.29, 1.82) is 0 Å². The van der Waals surface area contributed by atoms with E-state index in [-0.39, 0.29) is 17.3 Å². The summed E-state index contributed by atoms with van der Waals surface area (Å²) in [5.74, 6) is -0.736. The van der Waals surface area contributed by atoms with Crippen molar-refractivity contribution in [3.05, 3.63) is 52.0 Å². The van der Waals surface area contributed by atoms with Crippen molar-refractivity contribution < 1.29 is 18.5 Å². The Hall–Kier alpha value is -2.50. The molecule has 0 atom stereocenters. The van der Waals surface area contributed by atoms with E-state index < -0.39 is 16.4 Å². The molecule has 0 aliphatic heterocycles. The maximum Gasteiger partial charge on any atom is 0.305 e. The van der Waals surface area contributed by atoms with Gasteiger partial charge in [0.25, 0.3) is 0 Å². The zero-order valence-electron chi connectivity index (χ0n) is 9.34. The Balaban J connectivity index is 2.47. The van der Waals surface area contributed by atoms with Crippen LogP contribution in [-0.4, -0.2) is 10.7 Å². The summed E-state index contributed by atoms with van der Waals surface area (Å²) in [5, 5.41) is 10.6. The van der Waals surface area contributed by atoms with Gasteiger partial charge in [-0.1, -0.05) is 0 Å². The number of nitro groups is 1. The van der Waals surface area contributed by atoms with E-state index >= 15 is 0 Å². The zero-order valence-corrected chi connectivity index (χ0v) is 9.34. The fourth-order valence-corrected chi connectivity index (χ4v) is 1.49. The topological polar surface area (TPSA) is 73.3 Å². The van der Waals surface area contributed by atoms with Crippen LogP contribution in [0.15, 0.2) is 34.7 Å². The molecule has 1 aromatic heterocycles. The summed E-state index contributed by atoms with van der Waals surface area (Å²) in [6.45, 7) is 1.34. The van der Waals surface area contributed by atoms with Gasteiger partial charge in [-0.2, -0.15) is 4.39 Å². The quantitative estimate of drug-likeness (QED) is 0.475. The smallest absolute Gasteiger partial charge is 0.305 e. The van der Waals surface area contributed by atoms with Crippen molar-refractivity contribution in [3.8, 4) is 11.3 Å². The number of Topliss-reactive ketones (excluding diaryl/α,β-unsaturated/α-hetero) is 1. The highest BCUT2D eigenvalue weighted by atomic mass is 19.1. The van der Waals surface area contributed by atoms with E-state index in [9.17, 15) is 19.3 Å². The van der Waals surface area contributed by atoms with Crippen LogP contribution < -0.4 is 0 Å². The average molecular weight is 249 g/mol. The van der Waals surface area contributed by atoms with E-state index in [1.54, 1.807) is 0 Å². The molecule has 0 saturated heterocycles. The lowest BCUT2D eigenvalue weighted by Crippen LogP contribution is -1.92. The van der Waals surface area contributed by atoms with Gasteiger partial charge in [0, 0.05) is 18.6 Å². The van der Waals surface area contributed by atoms with Crippen LogP contribution in [0.25, 0.3) is 11.3 Å². The minimum atomic E-state index is -0.915. The van der Waals surface area contributed by atoms with E-state index in [2.05, 4.69) is 0 Å². The second-order valence-corrected chi connectivity index (χ2v) is 3.64. The number of halogens is 1. The Kier molecular flexibility index (Phi) is 2.93. The maximum atomic E-state index is 13.1. The fraction of sp³-hybridized carbons (Fsp3) is 0.0833. The lowest BCUT2D eigenvalue weighted by atomic mass is 10.1. The first-order valence-electron chi connectivity index (χ1n) is 5.04. The molecule has 1 heterocycles. The number of furan rings is 1. The molecule has 5 nitrogen and oxygen atoms in total. The lowest BCUT2D eigenvalue weighted by Gasteiger charge is -1.98. The summed E-state index contributed by atoms with van der Waals surface area (Å²) in [4.78, 5) is 20.8. The summed E-state index contributed by atoms with van der Waals surface area (Å²) in [6.07, 6.45) is 0. The highest BCUT2D eigenvalue weighted by Gasteiger charge is 2.16. The van der Waals surface area contributed by atoms with Crippen LogP contribution in [0.1, 0.15) is 17.5 Å². The van der Waals surface area contributed by atoms with Crippen molar-refractivity contribution in [1.82, 2.24) is 0 Å². The molecule has 0 bridgehead atoms.